The van der Waals surface area contributed by atoms with Gasteiger partial charge in [-0.25, -0.2) is 4.39 Å². The van der Waals surface area contributed by atoms with Gasteiger partial charge in [0.1, 0.15) is 12.3 Å². The summed E-state index contributed by atoms with van der Waals surface area (Å²) in [7, 11) is 0. The van der Waals surface area contributed by atoms with Gasteiger partial charge in [0.15, 0.2) is 5.79 Å². The van der Waals surface area contributed by atoms with Crippen LogP contribution in [0.2, 0.25) is 0 Å². The highest BCUT2D eigenvalue weighted by atomic mass is 19.1. The smallest absolute Gasteiger partial charge is 0.231 e. The SMILES string of the molecule is C[C@@H](F)[C@H]1C(=O)N(Cc2ccccc2)[C@@H]1[C@H]1COC(C)(C)O1. The molecule has 0 aliphatic carbocycles. The van der Waals surface area contributed by atoms with Crippen molar-refractivity contribution in [2.45, 2.75) is 51.4 Å². The molecule has 0 radical (unpaired) electrons. The van der Waals surface area contributed by atoms with Gasteiger partial charge in [-0.15, -0.1) is 0 Å². The van der Waals surface area contributed by atoms with E-state index in [-0.39, 0.29) is 18.1 Å². The summed E-state index contributed by atoms with van der Waals surface area (Å²) in [4.78, 5) is 14.0. The number of carbonyl (C=O) groups is 1. The topological polar surface area (TPSA) is 38.8 Å². The van der Waals surface area contributed by atoms with Gasteiger partial charge in [-0.3, -0.25) is 4.79 Å². The van der Waals surface area contributed by atoms with Crippen molar-refractivity contribution in [3.8, 4) is 0 Å². The Morgan fingerprint density at radius 2 is 2.05 bits per heavy atom. The second-order valence-electron chi connectivity index (χ2n) is 6.51. The molecule has 0 spiro atoms. The van der Waals surface area contributed by atoms with Crippen LogP contribution in [-0.4, -0.2) is 41.5 Å². The second-order valence-corrected chi connectivity index (χ2v) is 6.51. The molecule has 2 saturated heterocycles. The molecule has 0 saturated carbocycles. The molecular weight excluding hydrogens is 285 g/mol. The molecule has 1 amide bonds. The average Bonchev–Trinajstić information content (AvgIpc) is 2.82. The van der Waals surface area contributed by atoms with E-state index in [0.29, 0.717) is 13.2 Å². The quantitative estimate of drug-likeness (QED) is 0.802. The van der Waals surface area contributed by atoms with Gasteiger partial charge in [-0.05, 0) is 26.3 Å². The molecule has 2 heterocycles. The largest absolute Gasteiger partial charge is 0.348 e. The maximum atomic E-state index is 13.9. The lowest BCUT2D eigenvalue weighted by Gasteiger charge is -2.50. The summed E-state index contributed by atoms with van der Waals surface area (Å²) in [5.74, 6) is -1.45. The number of carbonyl (C=O) groups excluding carboxylic acids is 1. The Hall–Kier alpha value is -1.46. The second kappa shape index (κ2) is 5.63. The third-order valence-corrected chi connectivity index (χ3v) is 4.40. The maximum Gasteiger partial charge on any atom is 0.231 e. The van der Waals surface area contributed by atoms with E-state index in [1.54, 1.807) is 4.90 Å². The predicted octanol–water partition coefficient (Wildman–Crippen LogP) is 2.52. The molecule has 2 fully saturated rings. The zero-order valence-corrected chi connectivity index (χ0v) is 13.2. The van der Waals surface area contributed by atoms with Gasteiger partial charge in [0, 0.05) is 6.54 Å². The van der Waals surface area contributed by atoms with E-state index in [1.807, 2.05) is 44.2 Å². The summed E-state index contributed by atoms with van der Waals surface area (Å²) < 4.78 is 25.3. The van der Waals surface area contributed by atoms with Crippen LogP contribution >= 0.6 is 0 Å². The summed E-state index contributed by atoms with van der Waals surface area (Å²) >= 11 is 0. The third kappa shape index (κ3) is 2.75. The van der Waals surface area contributed by atoms with Crippen molar-refractivity contribution in [2.75, 3.05) is 6.61 Å². The number of alkyl halides is 1. The fraction of sp³-hybridized carbons (Fsp3) is 0.588. The number of hydrogen-bond donors (Lipinski definition) is 0. The number of ether oxygens (including phenoxy) is 2. The van der Waals surface area contributed by atoms with Crippen molar-refractivity contribution in [3.05, 3.63) is 35.9 Å². The molecule has 1 aromatic carbocycles. The molecule has 0 aromatic heterocycles. The third-order valence-electron chi connectivity index (χ3n) is 4.40. The first-order valence-corrected chi connectivity index (χ1v) is 7.69. The lowest BCUT2D eigenvalue weighted by atomic mass is 9.80. The molecule has 1 aromatic rings. The van der Waals surface area contributed by atoms with Crippen LogP contribution in [0, 0.1) is 5.92 Å². The first-order chi connectivity index (χ1) is 10.4. The van der Waals surface area contributed by atoms with E-state index >= 15 is 0 Å². The van der Waals surface area contributed by atoms with Crippen LogP contribution in [0.1, 0.15) is 26.3 Å². The van der Waals surface area contributed by atoms with Gasteiger partial charge >= 0.3 is 0 Å². The molecule has 2 aliphatic rings. The Labute approximate surface area is 130 Å². The van der Waals surface area contributed by atoms with Crippen molar-refractivity contribution >= 4 is 5.91 Å². The van der Waals surface area contributed by atoms with Gasteiger partial charge in [0.05, 0.1) is 18.6 Å². The minimum absolute atomic E-state index is 0.142. The predicted molar refractivity (Wildman–Crippen MR) is 79.7 cm³/mol. The summed E-state index contributed by atoms with van der Waals surface area (Å²) in [6.07, 6.45) is -1.46. The monoisotopic (exact) mass is 307 g/mol. The van der Waals surface area contributed by atoms with Crippen molar-refractivity contribution in [2.24, 2.45) is 5.92 Å². The number of β-lactam (4-membered cyclic amide) rings is 1. The Morgan fingerprint density at radius 1 is 1.36 bits per heavy atom. The van der Waals surface area contributed by atoms with Crippen LogP contribution in [-0.2, 0) is 20.8 Å². The Kier molecular flexibility index (Phi) is 3.95. The van der Waals surface area contributed by atoms with Gasteiger partial charge in [0.2, 0.25) is 5.91 Å². The molecule has 4 atom stereocenters. The zero-order valence-electron chi connectivity index (χ0n) is 13.2. The highest BCUT2D eigenvalue weighted by Gasteiger charge is 2.56. The van der Waals surface area contributed by atoms with Crippen LogP contribution in [0.3, 0.4) is 0 Å². The Morgan fingerprint density at radius 3 is 2.59 bits per heavy atom. The number of rotatable bonds is 4. The van der Waals surface area contributed by atoms with Crippen LogP contribution in [0.15, 0.2) is 30.3 Å². The number of benzene rings is 1. The minimum Gasteiger partial charge on any atom is -0.348 e. The maximum absolute atomic E-state index is 13.9. The van der Waals surface area contributed by atoms with Gasteiger partial charge in [-0.1, -0.05) is 30.3 Å². The first kappa shape index (κ1) is 15.4. The van der Waals surface area contributed by atoms with Gasteiger partial charge in [-0.2, -0.15) is 0 Å². The van der Waals surface area contributed by atoms with E-state index in [2.05, 4.69) is 0 Å². The van der Waals surface area contributed by atoms with Crippen molar-refractivity contribution < 1.29 is 18.7 Å². The highest BCUT2D eigenvalue weighted by molar-refractivity contribution is 5.87. The average molecular weight is 307 g/mol. The lowest BCUT2D eigenvalue weighted by Crippen LogP contribution is -2.67. The van der Waals surface area contributed by atoms with E-state index in [0.717, 1.165) is 5.56 Å². The fourth-order valence-electron chi connectivity index (χ4n) is 3.34. The van der Waals surface area contributed by atoms with E-state index < -0.39 is 17.9 Å². The summed E-state index contributed by atoms with van der Waals surface area (Å²) in [5, 5.41) is 0. The number of halogens is 1. The Bertz CT molecular complexity index is 546. The molecule has 0 bridgehead atoms. The number of likely N-dealkylation sites (tertiary alicyclic amines) is 1. The van der Waals surface area contributed by atoms with Crippen LogP contribution in [0.4, 0.5) is 4.39 Å². The van der Waals surface area contributed by atoms with Crippen LogP contribution in [0.25, 0.3) is 0 Å². The molecule has 120 valence electrons. The summed E-state index contributed by atoms with van der Waals surface area (Å²) in [6.45, 7) is 5.98. The van der Waals surface area contributed by atoms with Crippen LogP contribution < -0.4 is 0 Å². The van der Waals surface area contributed by atoms with Gasteiger partial charge < -0.3 is 14.4 Å². The molecule has 4 nitrogen and oxygen atoms in total. The summed E-state index contributed by atoms with van der Waals surface area (Å²) in [6, 6.07) is 9.46. The molecule has 0 N–H and O–H groups in total. The first-order valence-electron chi connectivity index (χ1n) is 7.69. The van der Waals surface area contributed by atoms with Gasteiger partial charge in [0.25, 0.3) is 0 Å². The molecule has 0 unspecified atom stereocenters. The highest BCUT2D eigenvalue weighted by Crippen LogP contribution is 2.39. The standard InChI is InChI=1S/C17H22FNO3/c1-11(18)14-15(13-10-21-17(2,3)22-13)19(16(14)20)9-12-7-5-4-6-8-12/h4-8,11,13-15H,9-10H2,1-3H3/t11-,13-,14-,15-/m1/s1. The molecule has 3 rings (SSSR count). The van der Waals surface area contributed by atoms with Crippen LogP contribution in [0.5, 0.6) is 0 Å². The molecular formula is C17H22FNO3. The molecule has 2 aliphatic heterocycles. The minimum atomic E-state index is -1.18. The molecule has 22 heavy (non-hydrogen) atoms. The normalized spacial score (nSPS) is 31.9. The van der Waals surface area contributed by atoms with E-state index in [9.17, 15) is 9.18 Å². The number of nitrogens with zero attached hydrogens (tertiary/aromatic N) is 1. The summed E-state index contributed by atoms with van der Waals surface area (Å²) in [5.41, 5.74) is 1.03. The molecule has 5 heteroatoms. The van der Waals surface area contributed by atoms with Crippen molar-refractivity contribution in [1.29, 1.82) is 0 Å². The van der Waals surface area contributed by atoms with E-state index in [4.69, 9.17) is 9.47 Å². The van der Waals surface area contributed by atoms with Crippen molar-refractivity contribution in [3.63, 3.8) is 0 Å². The van der Waals surface area contributed by atoms with Crippen molar-refractivity contribution in [1.82, 2.24) is 4.90 Å². The van der Waals surface area contributed by atoms with E-state index in [1.165, 1.54) is 6.92 Å². The lowest BCUT2D eigenvalue weighted by molar-refractivity contribution is -0.185. The zero-order chi connectivity index (χ0) is 15.9. The fourth-order valence-corrected chi connectivity index (χ4v) is 3.34. The number of hydrogen-bond acceptors (Lipinski definition) is 3. The number of amides is 1. The Balaban J connectivity index is 1.78.